The number of hydrogen-bond acceptors (Lipinski definition) is 6. The number of ether oxygens (including phenoxy) is 4. The fraction of sp³-hybridized carbons (Fsp3) is 0.517. The lowest BCUT2D eigenvalue weighted by Gasteiger charge is -2.46. The highest BCUT2D eigenvalue weighted by molar-refractivity contribution is 6.41. The van der Waals surface area contributed by atoms with Crippen molar-refractivity contribution in [3.05, 3.63) is 52.1 Å². The summed E-state index contributed by atoms with van der Waals surface area (Å²) in [5, 5.41) is 6.00. The Balaban J connectivity index is 1.86. The number of fused-ring (bicyclic) bond motifs is 1. The number of nitrogens with zero attached hydrogens (tertiary/aromatic N) is 1. The summed E-state index contributed by atoms with van der Waals surface area (Å²) in [4.78, 5) is 23.2. The first-order chi connectivity index (χ1) is 18.4. The predicted molar refractivity (Wildman–Crippen MR) is 151 cm³/mol. The molecule has 8 nitrogen and oxygen atoms in total. The maximum atomic E-state index is 12.2. The number of esters is 1. The van der Waals surface area contributed by atoms with Crippen molar-refractivity contribution < 1.29 is 38.1 Å². The van der Waals surface area contributed by atoms with Gasteiger partial charge < -0.3 is 28.5 Å². The molecule has 0 fully saturated rings. The van der Waals surface area contributed by atoms with Crippen molar-refractivity contribution >= 4 is 35.1 Å². The number of carbonyl (C=O) groups excluding carboxylic acids is 1. The van der Waals surface area contributed by atoms with E-state index in [2.05, 4.69) is 33.0 Å². The van der Waals surface area contributed by atoms with Gasteiger partial charge in [0.2, 0.25) is 5.75 Å². The van der Waals surface area contributed by atoms with Crippen LogP contribution in [0.4, 0.5) is 0 Å². The number of halogens is 2. The van der Waals surface area contributed by atoms with Crippen LogP contribution in [0.15, 0.2) is 24.3 Å². The molecule has 4 atom stereocenters. The Morgan fingerprint density at radius 3 is 2.18 bits per heavy atom. The number of carboxylic acid groups (broad SMARTS) is 1. The molecule has 10 heteroatoms. The van der Waals surface area contributed by atoms with Gasteiger partial charge in [0.25, 0.3) is 0 Å². The topological polar surface area (TPSA) is 91.3 Å². The molecule has 0 radical (unpaired) electrons. The van der Waals surface area contributed by atoms with Gasteiger partial charge in [0, 0.05) is 24.8 Å². The number of carbonyl (C=O) groups is 2. The lowest BCUT2D eigenvalue weighted by atomic mass is 9.84. The summed E-state index contributed by atoms with van der Waals surface area (Å²) in [5.41, 5.74) is 6.24. The average Bonchev–Trinajstić information content (AvgIpc) is 2.92. The Morgan fingerprint density at radius 2 is 1.62 bits per heavy atom. The summed E-state index contributed by atoms with van der Waals surface area (Å²) < 4.78 is 22.7. The lowest BCUT2D eigenvalue weighted by molar-refractivity contribution is -0.941. The third-order valence-corrected chi connectivity index (χ3v) is 8.69. The fourth-order valence-corrected chi connectivity index (χ4v) is 5.56. The van der Waals surface area contributed by atoms with Gasteiger partial charge in [-0.1, -0.05) is 6.07 Å². The van der Waals surface area contributed by atoms with Gasteiger partial charge in [-0.2, -0.15) is 0 Å². The van der Waals surface area contributed by atoms with E-state index in [9.17, 15) is 9.59 Å². The minimum Gasteiger partial charge on any atom is -0.493 e. The van der Waals surface area contributed by atoms with Crippen LogP contribution in [0.3, 0.4) is 0 Å². The first-order valence-electron chi connectivity index (χ1n) is 12.9. The number of aryl methyl sites for hydroxylation is 2. The molecule has 0 amide bonds. The number of hydrogen-bond donors (Lipinski definition) is 1. The van der Waals surface area contributed by atoms with Gasteiger partial charge in [-0.25, -0.2) is 0 Å². The van der Waals surface area contributed by atoms with Gasteiger partial charge in [0.1, 0.15) is 6.04 Å². The largest absolute Gasteiger partial charge is 0.493 e. The third-order valence-electron chi connectivity index (χ3n) is 7.69. The lowest BCUT2D eigenvalue weighted by Crippen LogP contribution is -2.52. The molecule has 3 rings (SSSR count). The SMILES string of the molecule is COc1cc(C[C@@H]2c3cc(C)c(C)cc3CC[N@@+]2(C)CCCOC(=O)C(Cl)C(Cl)C(=O)O)cc(OC)c1OC. The van der Waals surface area contributed by atoms with E-state index in [-0.39, 0.29) is 12.6 Å². The molecule has 214 valence electrons. The monoisotopic (exact) mass is 582 g/mol. The molecular weight excluding hydrogens is 545 g/mol. The van der Waals surface area contributed by atoms with E-state index in [0.717, 1.165) is 36.0 Å². The van der Waals surface area contributed by atoms with Crippen molar-refractivity contribution in [2.45, 2.75) is 49.9 Å². The number of likely N-dealkylation sites (N-methyl/N-ethyl adjacent to an activating group) is 1. The Bertz CT molecular complexity index is 1180. The molecule has 1 N–H and O–H groups in total. The average molecular weight is 584 g/mol. The molecule has 0 aliphatic carbocycles. The van der Waals surface area contributed by atoms with Crippen LogP contribution in [0.5, 0.6) is 17.2 Å². The van der Waals surface area contributed by atoms with Gasteiger partial charge >= 0.3 is 11.9 Å². The number of aliphatic carboxylic acids is 1. The standard InChI is InChI=1S/C29H37Cl2NO7/c1-17-12-20-8-10-32(3,9-7-11-39-29(35)26(31)25(30)28(33)34)22(21(20)13-18(17)2)14-19-15-23(36-4)27(38-6)24(16-19)37-5/h12-13,15-16,22,25-26H,7-11,14H2,1-6H3/p+1/t22-,25?,26?,32-/m1/s1. The Morgan fingerprint density at radius 1 is 1.00 bits per heavy atom. The zero-order valence-corrected chi connectivity index (χ0v) is 24.9. The number of methoxy groups -OCH3 is 3. The van der Waals surface area contributed by atoms with Crippen LogP contribution in [0, 0.1) is 13.8 Å². The van der Waals surface area contributed by atoms with Gasteiger partial charge in [-0.15, -0.1) is 23.2 Å². The second-order valence-electron chi connectivity index (χ2n) is 10.2. The number of rotatable bonds is 12. The molecule has 2 unspecified atom stereocenters. The van der Waals surface area contributed by atoms with Crippen molar-refractivity contribution in [3.8, 4) is 17.2 Å². The van der Waals surface area contributed by atoms with E-state index in [0.29, 0.717) is 23.7 Å². The molecular formula is C29H38Cl2NO7+. The van der Waals surface area contributed by atoms with Crippen LogP contribution in [-0.2, 0) is 27.2 Å². The van der Waals surface area contributed by atoms with E-state index >= 15 is 0 Å². The van der Waals surface area contributed by atoms with Crippen LogP contribution >= 0.6 is 23.2 Å². The Hall–Kier alpha value is -2.68. The summed E-state index contributed by atoms with van der Waals surface area (Å²) in [5.74, 6) is -0.417. The number of benzene rings is 2. The zero-order valence-electron chi connectivity index (χ0n) is 23.4. The molecule has 2 aromatic carbocycles. The number of quaternary nitrogens is 1. The molecule has 1 aliphatic heterocycles. The number of alkyl halides is 2. The summed E-state index contributed by atoms with van der Waals surface area (Å²) >= 11 is 11.6. The Kier molecular flexibility index (Phi) is 10.4. The first kappa shape index (κ1) is 30.9. The minimum absolute atomic E-state index is 0.121. The summed E-state index contributed by atoms with van der Waals surface area (Å²) in [6.07, 6.45) is 2.26. The van der Waals surface area contributed by atoms with E-state index in [1.165, 1.54) is 22.3 Å². The van der Waals surface area contributed by atoms with E-state index in [1.807, 2.05) is 12.1 Å². The van der Waals surface area contributed by atoms with Crippen LogP contribution in [-0.4, -0.2) is 80.4 Å². The first-order valence-corrected chi connectivity index (χ1v) is 13.7. The van der Waals surface area contributed by atoms with Crippen LogP contribution in [0.1, 0.15) is 40.3 Å². The van der Waals surface area contributed by atoms with Crippen LogP contribution in [0.25, 0.3) is 0 Å². The second kappa shape index (κ2) is 13.1. The molecule has 1 aliphatic rings. The highest BCUT2D eigenvalue weighted by Crippen LogP contribution is 2.43. The molecule has 1 heterocycles. The molecule has 0 aromatic heterocycles. The summed E-state index contributed by atoms with van der Waals surface area (Å²) in [6.45, 7) is 6.05. The van der Waals surface area contributed by atoms with Gasteiger partial charge in [-0.05, 0) is 54.3 Å². The maximum absolute atomic E-state index is 12.2. The molecule has 0 spiro atoms. The van der Waals surface area contributed by atoms with E-state index < -0.39 is 22.7 Å². The van der Waals surface area contributed by atoms with Crippen molar-refractivity contribution in [1.29, 1.82) is 0 Å². The van der Waals surface area contributed by atoms with Gasteiger partial charge in [0.05, 0.1) is 48.1 Å². The van der Waals surface area contributed by atoms with E-state index in [4.69, 9.17) is 47.3 Å². The molecule has 2 aromatic rings. The number of carboxylic acids is 1. The van der Waals surface area contributed by atoms with Gasteiger partial charge in [0.15, 0.2) is 22.3 Å². The van der Waals surface area contributed by atoms with Crippen molar-refractivity contribution in [2.24, 2.45) is 0 Å². The fourth-order valence-electron chi connectivity index (χ4n) is 5.29. The highest BCUT2D eigenvalue weighted by Gasteiger charge is 2.39. The smallest absolute Gasteiger partial charge is 0.326 e. The summed E-state index contributed by atoms with van der Waals surface area (Å²) in [7, 11) is 7.04. The third kappa shape index (κ3) is 6.91. The molecule has 39 heavy (non-hydrogen) atoms. The van der Waals surface area contributed by atoms with Crippen LogP contribution in [0.2, 0.25) is 0 Å². The quantitative estimate of drug-likeness (QED) is 0.165. The maximum Gasteiger partial charge on any atom is 0.326 e. The van der Waals surface area contributed by atoms with Gasteiger partial charge in [-0.3, -0.25) is 9.59 Å². The zero-order chi connectivity index (χ0) is 28.9. The summed E-state index contributed by atoms with van der Waals surface area (Å²) in [6, 6.07) is 8.71. The van der Waals surface area contributed by atoms with Crippen molar-refractivity contribution in [3.63, 3.8) is 0 Å². The predicted octanol–water partition coefficient (Wildman–Crippen LogP) is 4.85. The van der Waals surface area contributed by atoms with Crippen molar-refractivity contribution in [2.75, 3.05) is 48.1 Å². The van der Waals surface area contributed by atoms with Crippen LogP contribution < -0.4 is 14.2 Å². The van der Waals surface area contributed by atoms with E-state index in [1.54, 1.807) is 21.3 Å². The normalized spacial score (nSPS) is 19.9. The molecule has 0 bridgehead atoms. The molecule has 0 saturated carbocycles. The molecule has 0 saturated heterocycles. The van der Waals surface area contributed by atoms with Crippen molar-refractivity contribution in [1.82, 2.24) is 0 Å². The Labute approximate surface area is 240 Å². The second-order valence-corrected chi connectivity index (χ2v) is 11.2. The highest BCUT2D eigenvalue weighted by atomic mass is 35.5. The minimum atomic E-state index is -1.54.